The molecule has 2 aliphatic heterocycles. The van der Waals surface area contributed by atoms with Gasteiger partial charge in [0.1, 0.15) is 54.3 Å². The summed E-state index contributed by atoms with van der Waals surface area (Å²) in [6.07, 6.45) is 6.43. The van der Waals surface area contributed by atoms with Crippen LogP contribution in [0.15, 0.2) is 24.3 Å². The van der Waals surface area contributed by atoms with Crippen molar-refractivity contribution in [2.24, 2.45) is 29.2 Å². The van der Waals surface area contributed by atoms with Gasteiger partial charge in [-0.3, -0.25) is 38.4 Å². The number of aliphatic hydroxyl groups is 1. The summed E-state index contributed by atoms with van der Waals surface area (Å²) in [4.78, 5) is 126. The highest BCUT2D eigenvalue weighted by Gasteiger charge is 2.41. The summed E-state index contributed by atoms with van der Waals surface area (Å²) in [6.45, 7) is 11.3. The Balaban J connectivity index is 1.89. The number of aliphatic hydroxyl groups excluding tert-OH is 1. The van der Waals surface area contributed by atoms with E-state index in [0.29, 0.717) is 69.0 Å². The van der Waals surface area contributed by atoms with Gasteiger partial charge in [0.2, 0.25) is 47.3 Å². The van der Waals surface area contributed by atoms with Gasteiger partial charge in [0.15, 0.2) is 0 Å². The Hall–Kier alpha value is -5.32. The van der Waals surface area contributed by atoms with Crippen molar-refractivity contribution in [1.82, 2.24) is 41.7 Å². The van der Waals surface area contributed by atoms with Crippen LogP contribution in [0, 0.1) is 17.8 Å². The first-order valence-electron chi connectivity index (χ1n) is 25.9. The van der Waals surface area contributed by atoms with E-state index in [2.05, 4.69) is 31.9 Å². The lowest BCUT2D eigenvalue weighted by molar-refractivity contribution is -0.142. The van der Waals surface area contributed by atoms with Crippen molar-refractivity contribution in [2.45, 2.75) is 173 Å². The number of unbranched alkanes of at least 4 members (excludes halogenated alkanes) is 1. The molecule has 0 radical (unpaired) electrons. The van der Waals surface area contributed by atoms with E-state index >= 15 is 0 Å². The van der Waals surface area contributed by atoms with Gasteiger partial charge in [0, 0.05) is 19.5 Å². The van der Waals surface area contributed by atoms with Gasteiger partial charge in [-0.15, -0.1) is 0 Å². The van der Waals surface area contributed by atoms with Crippen LogP contribution in [0.4, 0.5) is 0 Å². The van der Waals surface area contributed by atoms with Gasteiger partial charge >= 0.3 is 0 Å². The van der Waals surface area contributed by atoms with E-state index in [1.165, 1.54) is 33.7 Å². The Kier molecular flexibility index (Phi) is 26.7. The van der Waals surface area contributed by atoms with Crippen LogP contribution in [0.25, 0.3) is 0 Å². The second-order valence-corrected chi connectivity index (χ2v) is 21.2. The molecule has 0 bridgehead atoms. The maximum absolute atomic E-state index is 14.5. The van der Waals surface area contributed by atoms with Crippen LogP contribution in [0.1, 0.15) is 118 Å². The zero-order valence-electron chi connectivity index (χ0n) is 43.9. The molecule has 1 aromatic carbocycles. The number of nitrogens with two attached hydrogens (primary N) is 2. The number of carbonyl (C=O) groups excluding carboxylic acids is 9. The standard InChI is InChI=1S/C51H84N10O11S/c1-8-32(6)43(53)49(70)58-40(26-31(4)5)50(71)61-23-12-15-42(61)48(69)55-37(20-24-73-7)45(66)57-39(27-33-16-18-35(64)19-17-33)47(68)54-36(14-9-10-21-52)44(65)56-38(25-30(2)3)46(67)59-41(29-63)51(72)60-22-11-13-34(60)28-62/h16-19,28,30-32,34,36-43,63-64H,8-15,20-27,29,52-53H2,1-7H3,(H,54,68)(H,55,69)(H,56,65)(H,57,66)(H,58,70)(H,59,67)/t32-,34-,36-,37-,38-,39-,40-,41-,42-,43-/m0/s1. The molecule has 2 fully saturated rings. The molecule has 22 heteroatoms. The highest BCUT2D eigenvalue weighted by molar-refractivity contribution is 7.98. The van der Waals surface area contributed by atoms with Crippen LogP contribution in [-0.4, -0.2) is 166 Å². The molecule has 2 aliphatic rings. The third-order valence-corrected chi connectivity index (χ3v) is 14.1. The molecule has 1 aromatic rings. The average molecular weight is 1050 g/mol. The molecule has 2 saturated heterocycles. The molecule has 0 unspecified atom stereocenters. The van der Waals surface area contributed by atoms with Gasteiger partial charge < -0.3 is 68.2 Å². The normalized spacial score (nSPS) is 18.9. The maximum atomic E-state index is 14.5. The van der Waals surface area contributed by atoms with E-state index in [0.717, 1.165) is 0 Å². The van der Waals surface area contributed by atoms with Crippen LogP contribution in [0.2, 0.25) is 0 Å². The minimum atomic E-state index is -1.38. The molecule has 12 N–H and O–H groups in total. The average Bonchev–Trinajstić information content (AvgIpc) is 4.06. The summed E-state index contributed by atoms with van der Waals surface area (Å²) < 4.78 is 0. The Bertz CT molecular complexity index is 1990. The molecule has 410 valence electrons. The highest BCUT2D eigenvalue weighted by Crippen LogP contribution is 2.22. The zero-order valence-corrected chi connectivity index (χ0v) is 44.7. The number of likely N-dealkylation sites (tertiary alicyclic amines) is 2. The van der Waals surface area contributed by atoms with Gasteiger partial charge in [0.25, 0.3) is 0 Å². The summed E-state index contributed by atoms with van der Waals surface area (Å²) in [5.41, 5.74) is 12.6. The zero-order chi connectivity index (χ0) is 54.4. The number of hydrogen-bond donors (Lipinski definition) is 10. The number of phenolic OH excluding ortho intramolecular Hbond substituents is 1. The first-order valence-corrected chi connectivity index (χ1v) is 27.3. The Morgan fingerprint density at radius 3 is 1.81 bits per heavy atom. The number of carbonyl (C=O) groups is 9. The number of rotatable bonds is 31. The highest BCUT2D eigenvalue weighted by atomic mass is 32.2. The van der Waals surface area contributed by atoms with Crippen molar-refractivity contribution >= 4 is 65.3 Å². The van der Waals surface area contributed by atoms with E-state index < -0.39 is 108 Å². The molecule has 10 atom stereocenters. The first kappa shape index (κ1) is 62.0. The molecule has 2 heterocycles. The van der Waals surface area contributed by atoms with Crippen LogP contribution < -0.4 is 43.4 Å². The SMILES string of the molecule is CC[C@H](C)[C@H](N)C(=O)N[C@@H](CC(C)C)C(=O)N1CCC[C@H]1C(=O)N[C@@H](CCSC)C(=O)N[C@@H](Cc1ccc(O)cc1)C(=O)N[C@@H](CCCCN)C(=O)N[C@@H](CC(C)C)C(=O)N[C@@H](CO)C(=O)N1CCC[C@H]1C=O. The number of aldehydes is 1. The molecule has 3 rings (SSSR count). The molecular formula is C51H84N10O11S. The van der Waals surface area contributed by atoms with Crippen molar-refractivity contribution in [3.05, 3.63) is 29.8 Å². The van der Waals surface area contributed by atoms with E-state index in [9.17, 15) is 53.4 Å². The van der Waals surface area contributed by atoms with Crippen molar-refractivity contribution < 1.29 is 53.4 Å². The largest absolute Gasteiger partial charge is 0.508 e. The third-order valence-electron chi connectivity index (χ3n) is 13.4. The second kappa shape index (κ2) is 31.4. The third kappa shape index (κ3) is 19.5. The Morgan fingerprint density at radius 2 is 1.22 bits per heavy atom. The number of nitrogens with one attached hydrogen (secondary N) is 6. The van der Waals surface area contributed by atoms with E-state index in [4.69, 9.17) is 11.5 Å². The van der Waals surface area contributed by atoms with Crippen molar-refractivity contribution in [2.75, 3.05) is 38.2 Å². The van der Waals surface area contributed by atoms with Gasteiger partial charge in [-0.25, -0.2) is 0 Å². The second-order valence-electron chi connectivity index (χ2n) is 20.2. The molecule has 8 amide bonds. The lowest BCUT2D eigenvalue weighted by atomic mass is 9.97. The molecule has 21 nitrogen and oxygen atoms in total. The predicted octanol–water partition coefficient (Wildman–Crippen LogP) is 0.364. The maximum Gasteiger partial charge on any atom is 0.248 e. The topological polar surface area (TPSA) is 325 Å². The van der Waals surface area contributed by atoms with E-state index in [1.807, 2.05) is 47.8 Å². The summed E-state index contributed by atoms with van der Waals surface area (Å²) in [5, 5.41) is 36.7. The summed E-state index contributed by atoms with van der Waals surface area (Å²) >= 11 is 1.43. The Morgan fingerprint density at radius 1 is 0.699 bits per heavy atom. The number of thioether (sulfide) groups is 1. The molecule has 0 spiro atoms. The van der Waals surface area contributed by atoms with Crippen molar-refractivity contribution in [3.8, 4) is 5.75 Å². The monoisotopic (exact) mass is 1040 g/mol. The van der Waals surface area contributed by atoms with E-state index in [-0.39, 0.29) is 68.8 Å². The van der Waals surface area contributed by atoms with Crippen molar-refractivity contribution in [3.63, 3.8) is 0 Å². The fraction of sp³-hybridized carbons (Fsp3) is 0.706. The van der Waals surface area contributed by atoms with Crippen LogP contribution >= 0.6 is 11.8 Å². The molecular weight excluding hydrogens is 961 g/mol. The van der Waals surface area contributed by atoms with Gasteiger partial charge in [0.05, 0.1) is 18.7 Å². The molecule has 0 aliphatic carbocycles. The fourth-order valence-electron chi connectivity index (χ4n) is 8.97. The fourth-order valence-corrected chi connectivity index (χ4v) is 9.44. The van der Waals surface area contributed by atoms with Gasteiger partial charge in [-0.05, 0) is 118 Å². The lowest BCUT2D eigenvalue weighted by Gasteiger charge is -2.31. The minimum Gasteiger partial charge on any atom is -0.508 e. The van der Waals surface area contributed by atoms with Crippen molar-refractivity contribution in [1.29, 1.82) is 0 Å². The predicted molar refractivity (Wildman–Crippen MR) is 278 cm³/mol. The van der Waals surface area contributed by atoms with Crippen LogP contribution in [0.5, 0.6) is 5.75 Å². The number of amides is 8. The molecule has 0 saturated carbocycles. The Labute approximate surface area is 435 Å². The molecule has 73 heavy (non-hydrogen) atoms. The molecule has 0 aromatic heterocycles. The van der Waals surface area contributed by atoms with Crippen LogP contribution in [0.3, 0.4) is 0 Å². The number of hydrogen-bond acceptors (Lipinski definition) is 14. The minimum absolute atomic E-state index is 0.0159. The van der Waals surface area contributed by atoms with Gasteiger partial charge in [-0.1, -0.05) is 60.1 Å². The smallest absolute Gasteiger partial charge is 0.248 e. The number of phenols is 1. The first-order chi connectivity index (χ1) is 34.7. The number of nitrogens with zero attached hydrogens (tertiary/aromatic N) is 2. The number of aromatic hydroxyl groups is 1. The summed E-state index contributed by atoms with van der Waals surface area (Å²) in [6, 6.07) is -3.76. The van der Waals surface area contributed by atoms with E-state index in [1.54, 1.807) is 12.1 Å². The lowest BCUT2D eigenvalue weighted by Crippen LogP contribution is -2.61. The van der Waals surface area contributed by atoms with Gasteiger partial charge in [-0.2, -0.15) is 11.8 Å². The quantitative estimate of drug-likeness (QED) is 0.0355. The summed E-state index contributed by atoms with van der Waals surface area (Å²) in [5.74, 6) is -4.91. The van der Waals surface area contributed by atoms with Crippen LogP contribution in [-0.2, 0) is 49.6 Å². The summed E-state index contributed by atoms with van der Waals surface area (Å²) in [7, 11) is 0. The number of benzene rings is 1.